The Kier molecular flexibility index (Phi) is 5.56. The van der Waals surface area contributed by atoms with Crippen molar-refractivity contribution >= 4 is 34.3 Å². The SMILES string of the molecule is CNc1cc(-c2cn(CC(=O)N3CCC3)c3ncccc23)nc2c(C(=O)N[C@@H]3CC[C@H]3OC)cnn12. The lowest BCUT2D eigenvalue weighted by molar-refractivity contribution is -0.135. The van der Waals surface area contributed by atoms with Crippen LogP contribution in [0.15, 0.2) is 36.8 Å². The van der Waals surface area contributed by atoms with Crippen molar-refractivity contribution in [3.05, 3.63) is 42.4 Å². The Morgan fingerprint density at radius 2 is 2.08 bits per heavy atom. The summed E-state index contributed by atoms with van der Waals surface area (Å²) in [4.78, 5) is 37.1. The number of rotatable bonds is 7. The van der Waals surface area contributed by atoms with Crippen molar-refractivity contribution in [1.82, 2.24) is 34.4 Å². The molecule has 4 aromatic heterocycles. The molecule has 0 radical (unpaired) electrons. The lowest BCUT2D eigenvalue weighted by atomic mass is 9.89. The first-order valence-electron chi connectivity index (χ1n) is 12.2. The summed E-state index contributed by atoms with van der Waals surface area (Å²) < 4.78 is 8.92. The van der Waals surface area contributed by atoms with Crippen molar-refractivity contribution < 1.29 is 14.3 Å². The monoisotopic (exact) mass is 488 g/mol. The maximum atomic E-state index is 13.1. The molecule has 2 N–H and O–H groups in total. The zero-order valence-electron chi connectivity index (χ0n) is 20.3. The van der Waals surface area contributed by atoms with Crippen LogP contribution in [0, 0.1) is 0 Å². The van der Waals surface area contributed by atoms with Gasteiger partial charge in [-0.05, 0) is 31.4 Å². The fourth-order valence-electron chi connectivity index (χ4n) is 4.86. The van der Waals surface area contributed by atoms with Crippen LogP contribution in [0.1, 0.15) is 29.6 Å². The minimum absolute atomic E-state index is 0.0163. The molecule has 2 fully saturated rings. The highest BCUT2D eigenvalue weighted by molar-refractivity contribution is 6.01. The Labute approximate surface area is 207 Å². The van der Waals surface area contributed by atoms with Gasteiger partial charge in [0.2, 0.25) is 5.91 Å². The van der Waals surface area contributed by atoms with Crippen LogP contribution < -0.4 is 10.6 Å². The predicted octanol–water partition coefficient (Wildman–Crippen LogP) is 1.93. The quantitative estimate of drug-likeness (QED) is 0.408. The van der Waals surface area contributed by atoms with Crippen LogP contribution in [0.5, 0.6) is 0 Å². The summed E-state index contributed by atoms with van der Waals surface area (Å²) >= 11 is 0. The van der Waals surface area contributed by atoms with E-state index in [1.165, 1.54) is 0 Å². The fraction of sp³-hybridized carbons (Fsp3) is 0.400. The average Bonchev–Trinajstić information content (AvgIpc) is 3.42. The molecular formula is C25H28N8O3. The standard InChI is InChI=1S/C25H28N8O3/c1-26-21-11-19(29-24-16(12-28-33(21)24)25(35)30-18-6-7-20(18)36-2)17-13-32(14-22(34)31-9-4-10-31)23-15(17)5-3-8-27-23/h3,5,8,11-13,18,20,26H,4,6-7,9-10,14H2,1-2H3,(H,30,35)/t18-,20-/m1/s1. The van der Waals surface area contributed by atoms with E-state index in [0.29, 0.717) is 22.7 Å². The second-order valence-electron chi connectivity index (χ2n) is 9.28. The van der Waals surface area contributed by atoms with Crippen LogP contribution in [0.4, 0.5) is 5.82 Å². The molecule has 1 saturated heterocycles. The highest BCUT2D eigenvalue weighted by atomic mass is 16.5. The summed E-state index contributed by atoms with van der Waals surface area (Å²) in [5.41, 5.74) is 3.05. The molecule has 1 aliphatic carbocycles. The molecule has 4 aromatic rings. The molecule has 1 saturated carbocycles. The summed E-state index contributed by atoms with van der Waals surface area (Å²) in [5, 5.41) is 11.5. The van der Waals surface area contributed by atoms with Gasteiger partial charge in [0, 0.05) is 56.7 Å². The number of hydrogen-bond acceptors (Lipinski definition) is 7. The highest BCUT2D eigenvalue weighted by Crippen LogP contribution is 2.31. The number of nitrogens with zero attached hydrogens (tertiary/aromatic N) is 6. The maximum absolute atomic E-state index is 13.1. The molecular weight excluding hydrogens is 460 g/mol. The number of carbonyl (C=O) groups excluding carboxylic acids is 2. The summed E-state index contributed by atoms with van der Waals surface area (Å²) in [6.45, 7) is 1.83. The first-order valence-corrected chi connectivity index (χ1v) is 12.2. The minimum Gasteiger partial charge on any atom is -0.379 e. The van der Waals surface area contributed by atoms with Gasteiger partial charge < -0.3 is 24.8 Å². The third kappa shape index (κ3) is 3.67. The van der Waals surface area contributed by atoms with Crippen molar-refractivity contribution in [2.24, 2.45) is 0 Å². The van der Waals surface area contributed by atoms with E-state index in [4.69, 9.17) is 9.72 Å². The van der Waals surface area contributed by atoms with Gasteiger partial charge in [-0.25, -0.2) is 9.97 Å². The zero-order chi connectivity index (χ0) is 24.8. The molecule has 11 nitrogen and oxygen atoms in total. The normalized spacial score (nSPS) is 19.2. The molecule has 2 amide bonds. The van der Waals surface area contributed by atoms with Gasteiger partial charge in [-0.15, -0.1) is 0 Å². The molecule has 0 aromatic carbocycles. The Hall–Kier alpha value is -3.99. The number of likely N-dealkylation sites (tertiary alicyclic amines) is 1. The molecule has 0 unspecified atom stereocenters. The molecule has 5 heterocycles. The van der Waals surface area contributed by atoms with E-state index < -0.39 is 0 Å². The lowest BCUT2D eigenvalue weighted by Crippen LogP contribution is -2.51. The number of carbonyl (C=O) groups is 2. The number of methoxy groups -OCH3 is 1. The molecule has 1 aliphatic heterocycles. The molecule has 6 rings (SSSR count). The summed E-state index contributed by atoms with van der Waals surface area (Å²) in [5.74, 6) is 0.538. The number of anilines is 1. The van der Waals surface area contributed by atoms with Crippen molar-refractivity contribution in [1.29, 1.82) is 0 Å². The number of hydrogen-bond donors (Lipinski definition) is 2. The zero-order valence-corrected chi connectivity index (χ0v) is 20.3. The summed E-state index contributed by atoms with van der Waals surface area (Å²) in [6.07, 6.45) is 8.07. The molecule has 0 spiro atoms. The average molecular weight is 489 g/mol. The van der Waals surface area contributed by atoms with Crippen molar-refractivity contribution in [3.63, 3.8) is 0 Å². The topological polar surface area (TPSA) is 119 Å². The van der Waals surface area contributed by atoms with Crippen molar-refractivity contribution in [3.8, 4) is 11.3 Å². The molecule has 11 heteroatoms. The highest BCUT2D eigenvalue weighted by Gasteiger charge is 2.33. The predicted molar refractivity (Wildman–Crippen MR) is 134 cm³/mol. The number of ether oxygens (including phenoxy) is 1. The first-order chi connectivity index (χ1) is 17.6. The second kappa shape index (κ2) is 8.90. The number of fused-ring (bicyclic) bond motifs is 2. The van der Waals surface area contributed by atoms with Gasteiger partial charge in [0.25, 0.3) is 5.91 Å². The number of nitrogens with one attached hydrogen (secondary N) is 2. The van der Waals surface area contributed by atoms with E-state index in [0.717, 1.165) is 48.9 Å². The smallest absolute Gasteiger partial charge is 0.257 e. The van der Waals surface area contributed by atoms with E-state index >= 15 is 0 Å². The van der Waals surface area contributed by atoms with Gasteiger partial charge in [0.1, 0.15) is 23.6 Å². The van der Waals surface area contributed by atoms with Crippen LogP contribution in [0.3, 0.4) is 0 Å². The number of amides is 2. The van der Waals surface area contributed by atoms with Gasteiger partial charge in [0.05, 0.1) is 24.0 Å². The van der Waals surface area contributed by atoms with Crippen molar-refractivity contribution in [2.45, 2.75) is 38.0 Å². The van der Waals surface area contributed by atoms with Crippen LogP contribution in [0.25, 0.3) is 27.9 Å². The third-order valence-corrected chi connectivity index (χ3v) is 7.23. The van der Waals surface area contributed by atoms with Gasteiger partial charge in [-0.3, -0.25) is 9.59 Å². The van der Waals surface area contributed by atoms with Gasteiger partial charge >= 0.3 is 0 Å². The van der Waals surface area contributed by atoms with Gasteiger partial charge in [0.15, 0.2) is 5.65 Å². The number of pyridine rings is 1. The summed E-state index contributed by atoms with van der Waals surface area (Å²) in [7, 11) is 3.46. The van der Waals surface area contributed by atoms with E-state index in [1.54, 1.807) is 31.1 Å². The third-order valence-electron chi connectivity index (χ3n) is 7.23. The largest absolute Gasteiger partial charge is 0.379 e. The Balaban J connectivity index is 1.40. The van der Waals surface area contributed by atoms with Gasteiger partial charge in [-0.1, -0.05) is 0 Å². The fourth-order valence-corrected chi connectivity index (χ4v) is 4.86. The van der Waals surface area contributed by atoms with Gasteiger partial charge in [-0.2, -0.15) is 9.61 Å². The van der Waals surface area contributed by atoms with E-state index in [-0.39, 0.29) is 30.5 Å². The molecule has 186 valence electrons. The molecule has 0 bridgehead atoms. The van der Waals surface area contributed by atoms with Crippen molar-refractivity contribution in [2.75, 3.05) is 32.6 Å². The molecule has 2 aliphatic rings. The second-order valence-corrected chi connectivity index (χ2v) is 9.28. The Morgan fingerprint density at radius 3 is 2.78 bits per heavy atom. The van der Waals surface area contributed by atoms with Crippen LogP contribution in [-0.2, 0) is 16.1 Å². The lowest BCUT2D eigenvalue weighted by Gasteiger charge is -2.35. The maximum Gasteiger partial charge on any atom is 0.257 e. The Morgan fingerprint density at radius 1 is 1.22 bits per heavy atom. The van der Waals surface area contributed by atoms with E-state index in [1.807, 2.05) is 33.9 Å². The molecule has 2 atom stereocenters. The van der Waals surface area contributed by atoms with E-state index in [9.17, 15) is 9.59 Å². The first kappa shape index (κ1) is 22.5. The minimum atomic E-state index is -0.229. The van der Waals surface area contributed by atoms with Crippen LogP contribution in [0.2, 0.25) is 0 Å². The molecule has 36 heavy (non-hydrogen) atoms. The summed E-state index contributed by atoms with van der Waals surface area (Å²) in [6, 6.07) is 5.71. The number of aromatic nitrogens is 5. The van der Waals surface area contributed by atoms with Crippen LogP contribution in [-0.4, -0.2) is 80.3 Å². The Bertz CT molecular complexity index is 1470. The van der Waals surface area contributed by atoms with E-state index in [2.05, 4.69) is 20.7 Å². The van der Waals surface area contributed by atoms with Crippen LogP contribution >= 0.6 is 0 Å².